The van der Waals surface area contributed by atoms with Crippen LogP contribution in [0.4, 0.5) is 0 Å². The molecule has 0 aromatic heterocycles. The Labute approximate surface area is 164 Å². The van der Waals surface area contributed by atoms with Gasteiger partial charge in [0, 0.05) is 0 Å². The van der Waals surface area contributed by atoms with E-state index in [9.17, 15) is 5.11 Å². The minimum Gasteiger partial charge on any atom is -0.368 e. The summed E-state index contributed by atoms with van der Waals surface area (Å²) in [6, 6.07) is 19.7. The standard InChI is InChI=1S/C22H26O6/c1-15-24-14-18-19(27-15)20(25-12-16-8-4-2-5-9-16)21(22(23)28-18)26-13-17-10-6-3-7-11-17/h2-11,15,18-23H,12-14H2,1H3. The molecule has 6 nitrogen and oxygen atoms in total. The van der Waals surface area contributed by atoms with E-state index in [-0.39, 0.29) is 12.4 Å². The fraction of sp³-hybridized carbons (Fsp3) is 0.455. The van der Waals surface area contributed by atoms with Crippen LogP contribution >= 0.6 is 0 Å². The topological polar surface area (TPSA) is 66.4 Å². The van der Waals surface area contributed by atoms with Gasteiger partial charge in [0.2, 0.25) is 0 Å². The molecule has 6 atom stereocenters. The number of aliphatic hydroxyl groups is 1. The lowest BCUT2D eigenvalue weighted by molar-refractivity contribution is -0.361. The molecule has 2 heterocycles. The molecule has 1 N–H and O–H groups in total. The molecule has 2 fully saturated rings. The van der Waals surface area contributed by atoms with Crippen LogP contribution in [0.15, 0.2) is 60.7 Å². The molecule has 2 aliphatic heterocycles. The Balaban J connectivity index is 1.50. The molecule has 2 aliphatic rings. The minimum absolute atomic E-state index is 0.347. The first-order chi connectivity index (χ1) is 13.7. The highest BCUT2D eigenvalue weighted by atomic mass is 16.7. The van der Waals surface area contributed by atoms with E-state index in [1.165, 1.54) is 0 Å². The zero-order valence-electron chi connectivity index (χ0n) is 15.8. The summed E-state index contributed by atoms with van der Waals surface area (Å²) < 4.78 is 29.5. The molecule has 2 saturated heterocycles. The largest absolute Gasteiger partial charge is 0.368 e. The monoisotopic (exact) mass is 386 g/mol. The minimum atomic E-state index is -1.12. The molecule has 0 spiro atoms. The molecule has 2 aromatic rings. The van der Waals surface area contributed by atoms with Crippen molar-refractivity contribution in [2.24, 2.45) is 0 Å². The van der Waals surface area contributed by atoms with E-state index >= 15 is 0 Å². The summed E-state index contributed by atoms with van der Waals surface area (Å²) >= 11 is 0. The van der Waals surface area contributed by atoms with Crippen molar-refractivity contribution in [2.75, 3.05) is 6.61 Å². The van der Waals surface area contributed by atoms with Crippen LogP contribution in [0.5, 0.6) is 0 Å². The predicted octanol–water partition coefficient (Wildman–Crippen LogP) is 2.64. The summed E-state index contributed by atoms with van der Waals surface area (Å²) in [6.07, 6.45) is -3.41. The highest BCUT2D eigenvalue weighted by Crippen LogP contribution is 2.32. The van der Waals surface area contributed by atoms with Gasteiger partial charge in [-0.1, -0.05) is 60.7 Å². The third-order valence-corrected chi connectivity index (χ3v) is 5.02. The third kappa shape index (κ3) is 4.60. The highest BCUT2D eigenvalue weighted by Gasteiger charge is 2.50. The van der Waals surface area contributed by atoms with E-state index in [0.717, 1.165) is 11.1 Å². The quantitative estimate of drug-likeness (QED) is 0.823. The molecular formula is C22H26O6. The van der Waals surface area contributed by atoms with Crippen LogP contribution in [0.1, 0.15) is 18.1 Å². The Morgan fingerprint density at radius 3 is 2.04 bits per heavy atom. The van der Waals surface area contributed by atoms with E-state index in [4.69, 9.17) is 23.7 Å². The molecule has 0 radical (unpaired) electrons. The molecule has 4 rings (SSSR count). The van der Waals surface area contributed by atoms with E-state index in [1.807, 2.05) is 67.6 Å². The highest BCUT2D eigenvalue weighted by molar-refractivity contribution is 5.14. The number of ether oxygens (including phenoxy) is 5. The lowest BCUT2D eigenvalue weighted by Crippen LogP contribution is -2.63. The molecule has 0 saturated carbocycles. The molecule has 0 aliphatic carbocycles. The van der Waals surface area contributed by atoms with Crippen LogP contribution in [0.25, 0.3) is 0 Å². The molecule has 28 heavy (non-hydrogen) atoms. The second kappa shape index (κ2) is 9.13. The molecule has 0 bridgehead atoms. The van der Waals surface area contributed by atoms with Crippen molar-refractivity contribution in [1.82, 2.24) is 0 Å². The number of hydrogen-bond acceptors (Lipinski definition) is 6. The number of fused-ring (bicyclic) bond motifs is 1. The second-order valence-corrected chi connectivity index (χ2v) is 7.09. The van der Waals surface area contributed by atoms with E-state index in [2.05, 4.69) is 0 Å². The Kier molecular flexibility index (Phi) is 6.36. The van der Waals surface area contributed by atoms with Crippen molar-refractivity contribution < 1.29 is 28.8 Å². The van der Waals surface area contributed by atoms with Gasteiger partial charge in [-0.3, -0.25) is 0 Å². The Hall–Kier alpha value is -1.80. The molecular weight excluding hydrogens is 360 g/mol. The first kappa shape index (κ1) is 19.5. The fourth-order valence-corrected chi connectivity index (χ4v) is 3.59. The third-order valence-electron chi connectivity index (χ3n) is 5.02. The summed E-state index contributed by atoms with van der Waals surface area (Å²) in [5.41, 5.74) is 2.06. The van der Waals surface area contributed by atoms with Crippen LogP contribution in [-0.2, 0) is 36.9 Å². The normalized spacial score (nSPS) is 32.6. The fourth-order valence-electron chi connectivity index (χ4n) is 3.59. The van der Waals surface area contributed by atoms with Crippen molar-refractivity contribution in [3.05, 3.63) is 71.8 Å². The average molecular weight is 386 g/mol. The maximum Gasteiger partial charge on any atom is 0.184 e. The van der Waals surface area contributed by atoms with Crippen LogP contribution in [0.2, 0.25) is 0 Å². The Bertz CT molecular complexity index is 724. The number of aliphatic hydroxyl groups excluding tert-OH is 1. The van der Waals surface area contributed by atoms with Crippen LogP contribution in [0, 0.1) is 0 Å². The van der Waals surface area contributed by atoms with Gasteiger partial charge in [0.05, 0.1) is 19.8 Å². The smallest absolute Gasteiger partial charge is 0.184 e. The number of hydrogen-bond donors (Lipinski definition) is 1. The van der Waals surface area contributed by atoms with Gasteiger partial charge < -0.3 is 28.8 Å². The zero-order chi connectivity index (χ0) is 19.3. The van der Waals surface area contributed by atoms with Gasteiger partial charge in [-0.05, 0) is 18.1 Å². The van der Waals surface area contributed by atoms with Crippen LogP contribution in [0.3, 0.4) is 0 Å². The average Bonchev–Trinajstić information content (AvgIpc) is 2.73. The molecule has 2 aromatic carbocycles. The van der Waals surface area contributed by atoms with Crippen molar-refractivity contribution in [1.29, 1.82) is 0 Å². The van der Waals surface area contributed by atoms with Gasteiger partial charge in [0.15, 0.2) is 12.6 Å². The summed E-state index contributed by atoms with van der Waals surface area (Å²) in [4.78, 5) is 0. The first-order valence-corrected chi connectivity index (χ1v) is 9.62. The number of benzene rings is 2. The van der Waals surface area contributed by atoms with Gasteiger partial charge in [0.1, 0.15) is 24.4 Å². The summed E-state index contributed by atoms with van der Waals surface area (Å²) in [7, 11) is 0. The van der Waals surface area contributed by atoms with Crippen molar-refractivity contribution in [2.45, 2.75) is 57.1 Å². The maximum absolute atomic E-state index is 10.6. The molecule has 6 unspecified atom stereocenters. The van der Waals surface area contributed by atoms with Gasteiger partial charge in [-0.25, -0.2) is 0 Å². The van der Waals surface area contributed by atoms with E-state index in [1.54, 1.807) is 0 Å². The second-order valence-electron chi connectivity index (χ2n) is 7.09. The van der Waals surface area contributed by atoms with E-state index in [0.29, 0.717) is 19.8 Å². The van der Waals surface area contributed by atoms with Gasteiger partial charge >= 0.3 is 0 Å². The molecule has 6 heteroatoms. The molecule has 150 valence electrons. The first-order valence-electron chi connectivity index (χ1n) is 9.62. The summed E-state index contributed by atoms with van der Waals surface area (Å²) in [5, 5.41) is 10.6. The number of rotatable bonds is 6. The van der Waals surface area contributed by atoms with Gasteiger partial charge in [-0.15, -0.1) is 0 Å². The van der Waals surface area contributed by atoms with Gasteiger partial charge in [-0.2, -0.15) is 0 Å². The van der Waals surface area contributed by atoms with Crippen molar-refractivity contribution in [3.63, 3.8) is 0 Å². The van der Waals surface area contributed by atoms with Crippen molar-refractivity contribution in [3.8, 4) is 0 Å². The summed E-state index contributed by atoms with van der Waals surface area (Å²) in [5.74, 6) is 0. The summed E-state index contributed by atoms with van der Waals surface area (Å²) in [6.45, 7) is 2.93. The lowest BCUT2D eigenvalue weighted by atomic mass is 9.97. The van der Waals surface area contributed by atoms with Gasteiger partial charge in [0.25, 0.3) is 0 Å². The molecule has 0 amide bonds. The Morgan fingerprint density at radius 2 is 1.43 bits per heavy atom. The maximum atomic E-state index is 10.6. The lowest BCUT2D eigenvalue weighted by Gasteiger charge is -2.47. The zero-order valence-corrected chi connectivity index (χ0v) is 15.8. The SMILES string of the molecule is CC1OCC2OC(O)C(OCc3ccccc3)C(OCc3ccccc3)C2O1. The van der Waals surface area contributed by atoms with Crippen LogP contribution < -0.4 is 0 Å². The predicted molar refractivity (Wildman–Crippen MR) is 101 cm³/mol. The van der Waals surface area contributed by atoms with E-state index < -0.39 is 24.6 Å². The van der Waals surface area contributed by atoms with Crippen LogP contribution in [-0.4, -0.2) is 48.7 Å². The Morgan fingerprint density at radius 1 is 0.857 bits per heavy atom. The van der Waals surface area contributed by atoms with Crippen molar-refractivity contribution >= 4 is 0 Å².